The van der Waals surface area contributed by atoms with E-state index in [1.54, 1.807) is 6.92 Å². The summed E-state index contributed by atoms with van der Waals surface area (Å²) in [5, 5.41) is 0. The zero-order valence-electron chi connectivity index (χ0n) is 28.7. The van der Waals surface area contributed by atoms with Crippen molar-refractivity contribution in [2.45, 2.75) is 137 Å². The maximum Gasteiger partial charge on any atom is 0.500 e. The molecule has 0 amide bonds. The predicted molar refractivity (Wildman–Crippen MR) is 175 cm³/mol. The molecule has 0 N–H and O–H groups in total. The highest BCUT2D eigenvalue weighted by atomic mass is 28.4. The first-order valence-corrected chi connectivity index (χ1v) is 18.9. The normalized spacial score (nSPS) is 13.8. The Morgan fingerprint density at radius 1 is 0.659 bits per heavy atom. The lowest BCUT2D eigenvalue weighted by Crippen LogP contribution is -2.45. The number of esters is 2. The van der Waals surface area contributed by atoms with Crippen molar-refractivity contribution < 1.29 is 46.6 Å². The third-order valence-corrected chi connectivity index (χ3v) is 9.87. The highest BCUT2D eigenvalue weighted by Crippen LogP contribution is 2.21. The van der Waals surface area contributed by atoms with Crippen LogP contribution in [0.4, 0.5) is 0 Å². The molecule has 0 aliphatic heterocycles. The smallest absolute Gasteiger partial charge is 0.466 e. The van der Waals surface area contributed by atoms with Crippen molar-refractivity contribution in [2.24, 2.45) is 0 Å². The second-order valence-corrected chi connectivity index (χ2v) is 13.8. The molecule has 0 saturated carbocycles. The molecule has 0 radical (unpaired) electrons. The lowest BCUT2D eigenvalue weighted by atomic mass is 10.1. The minimum absolute atomic E-state index is 0.0993. The summed E-state index contributed by atoms with van der Waals surface area (Å²) in [5.74, 6) is -0.630. The van der Waals surface area contributed by atoms with Gasteiger partial charge in [-0.2, -0.15) is 0 Å². The molecule has 0 aromatic heterocycles. The molecule has 44 heavy (non-hydrogen) atoms. The maximum absolute atomic E-state index is 12.0. The quantitative estimate of drug-likeness (QED) is 0.0334. The number of carbonyl (C=O) groups is 2. The SMILES string of the molecule is C=CC(=O)OC(C)COC(C)COC(C)COCCCC(=O)OCCCCCCCCCCC[Si](OCC)(OCC)OCC. The van der Waals surface area contributed by atoms with Crippen LogP contribution >= 0.6 is 0 Å². The molecule has 3 unspecified atom stereocenters. The summed E-state index contributed by atoms with van der Waals surface area (Å²) in [7, 11) is -2.49. The number of unbranched alkanes of at least 4 members (excludes halogenated alkanes) is 8. The predicted octanol–water partition coefficient (Wildman–Crippen LogP) is 6.81. The van der Waals surface area contributed by atoms with Crippen molar-refractivity contribution in [3.05, 3.63) is 12.7 Å². The molecule has 0 saturated heterocycles. The van der Waals surface area contributed by atoms with Crippen LogP contribution in [0, 0.1) is 0 Å². The second-order valence-electron chi connectivity index (χ2n) is 11.1. The van der Waals surface area contributed by atoms with E-state index < -0.39 is 14.8 Å². The van der Waals surface area contributed by atoms with Gasteiger partial charge in [0.1, 0.15) is 6.10 Å². The van der Waals surface area contributed by atoms with Gasteiger partial charge in [0.25, 0.3) is 0 Å². The van der Waals surface area contributed by atoms with Crippen LogP contribution in [0.2, 0.25) is 6.04 Å². The number of ether oxygens (including phenoxy) is 5. The number of hydrogen-bond donors (Lipinski definition) is 0. The maximum atomic E-state index is 12.0. The molecule has 0 bridgehead atoms. The van der Waals surface area contributed by atoms with Crippen molar-refractivity contribution in [3.8, 4) is 0 Å². The number of carbonyl (C=O) groups excluding carboxylic acids is 2. The average molecular weight is 649 g/mol. The van der Waals surface area contributed by atoms with Gasteiger partial charge in [0.2, 0.25) is 0 Å². The Hall–Kier alpha value is -1.34. The van der Waals surface area contributed by atoms with Crippen LogP contribution in [0.25, 0.3) is 0 Å². The third kappa shape index (κ3) is 24.9. The fourth-order valence-electron chi connectivity index (χ4n) is 4.48. The van der Waals surface area contributed by atoms with E-state index in [1.165, 1.54) is 38.5 Å². The van der Waals surface area contributed by atoms with Gasteiger partial charge in [0, 0.05) is 45.0 Å². The van der Waals surface area contributed by atoms with Crippen molar-refractivity contribution in [1.82, 2.24) is 0 Å². The fraction of sp³-hybridized carbons (Fsp3) is 0.879. The number of hydrogen-bond acceptors (Lipinski definition) is 10. The molecule has 260 valence electrons. The zero-order chi connectivity index (χ0) is 32.9. The Kier molecular flexibility index (Phi) is 28.2. The molecule has 0 aromatic rings. The van der Waals surface area contributed by atoms with E-state index in [1.807, 2.05) is 34.6 Å². The topological polar surface area (TPSA) is 108 Å². The highest BCUT2D eigenvalue weighted by molar-refractivity contribution is 6.60. The molecule has 0 aliphatic carbocycles. The Morgan fingerprint density at radius 3 is 1.70 bits per heavy atom. The Morgan fingerprint density at radius 2 is 1.16 bits per heavy atom. The van der Waals surface area contributed by atoms with Crippen LogP contribution in [-0.2, 0) is 46.6 Å². The van der Waals surface area contributed by atoms with Crippen molar-refractivity contribution in [2.75, 3.05) is 52.9 Å². The van der Waals surface area contributed by atoms with Gasteiger partial charge in [-0.05, 0) is 60.8 Å². The summed E-state index contributed by atoms with van der Waals surface area (Å²) < 4.78 is 45.2. The van der Waals surface area contributed by atoms with Gasteiger partial charge in [-0.25, -0.2) is 4.79 Å². The molecular formula is C33H64O10Si. The van der Waals surface area contributed by atoms with E-state index in [0.29, 0.717) is 59.1 Å². The second kappa shape index (κ2) is 29.1. The van der Waals surface area contributed by atoms with Gasteiger partial charge in [-0.15, -0.1) is 0 Å². The van der Waals surface area contributed by atoms with Crippen LogP contribution in [0.1, 0.15) is 112 Å². The van der Waals surface area contributed by atoms with E-state index in [4.69, 9.17) is 37.0 Å². The first-order chi connectivity index (χ1) is 21.2. The molecule has 0 aromatic carbocycles. The fourth-order valence-corrected chi connectivity index (χ4v) is 7.17. The molecule has 0 spiro atoms. The number of rotatable bonds is 32. The lowest BCUT2D eigenvalue weighted by Gasteiger charge is -2.28. The summed E-state index contributed by atoms with van der Waals surface area (Å²) in [6.45, 7) is 19.0. The molecule has 0 rings (SSSR count). The minimum atomic E-state index is -2.49. The third-order valence-electron chi connectivity index (χ3n) is 6.72. The summed E-state index contributed by atoms with van der Waals surface area (Å²) in [6, 6.07) is 0.902. The molecule has 11 heteroatoms. The zero-order valence-corrected chi connectivity index (χ0v) is 29.7. The summed E-state index contributed by atoms with van der Waals surface area (Å²) >= 11 is 0. The van der Waals surface area contributed by atoms with Gasteiger partial charge < -0.3 is 37.0 Å². The van der Waals surface area contributed by atoms with Crippen LogP contribution in [0.3, 0.4) is 0 Å². The van der Waals surface area contributed by atoms with Crippen LogP contribution in [-0.4, -0.2) is 91.9 Å². The van der Waals surface area contributed by atoms with Crippen molar-refractivity contribution in [1.29, 1.82) is 0 Å². The summed E-state index contributed by atoms with van der Waals surface area (Å²) in [6.07, 6.45) is 11.9. The van der Waals surface area contributed by atoms with Crippen molar-refractivity contribution >= 4 is 20.7 Å². The van der Waals surface area contributed by atoms with Gasteiger partial charge in [0.05, 0.1) is 38.6 Å². The molecule has 0 fully saturated rings. The Bertz CT molecular complexity index is 691. The van der Waals surface area contributed by atoms with Gasteiger partial charge in [-0.3, -0.25) is 4.79 Å². The standard InChI is InChI=1S/C33H64O10Si/c1-8-32(34)43-31(7)28-39-30(6)27-38-29(5)26-36-23-21-22-33(35)37-24-19-17-15-13-12-14-16-18-20-25-44(40-9-2,41-10-3)42-11-4/h8,29-31H,1,9-28H2,2-7H3. The van der Waals surface area contributed by atoms with E-state index >= 15 is 0 Å². The highest BCUT2D eigenvalue weighted by Gasteiger charge is 2.39. The lowest BCUT2D eigenvalue weighted by molar-refractivity contribution is -0.147. The van der Waals surface area contributed by atoms with E-state index in [2.05, 4.69) is 6.58 Å². The molecule has 0 heterocycles. The molecule has 0 aliphatic rings. The van der Waals surface area contributed by atoms with Gasteiger partial charge in [0.15, 0.2) is 0 Å². The molecule has 10 nitrogen and oxygen atoms in total. The van der Waals surface area contributed by atoms with Crippen LogP contribution in [0.15, 0.2) is 12.7 Å². The van der Waals surface area contributed by atoms with Crippen LogP contribution in [0.5, 0.6) is 0 Å². The monoisotopic (exact) mass is 648 g/mol. The van der Waals surface area contributed by atoms with Gasteiger partial charge in [-0.1, -0.05) is 51.5 Å². The van der Waals surface area contributed by atoms with Crippen LogP contribution < -0.4 is 0 Å². The Labute approximate surface area is 269 Å². The van der Waals surface area contributed by atoms with Gasteiger partial charge >= 0.3 is 20.7 Å². The first kappa shape index (κ1) is 42.7. The van der Waals surface area contributed by atoms with E-state index in [9.17, 15) is 9.59 Å². The molecule has 3 atom stereocenters. The Balaban J connectivity index is 3.62. The van der Waals surface area contributed by atoms with E-state index in [0.717, 1.165) is 31.4 Å². The minimum Gasteiger partial charge on any atom is -0.466 e. The largest absolute Gasteiger partial charge is 0.500 e. The average Bonchev–Trinajstić information content (AvgIpc) is 2.99. The summed E-state index contributed by atoms with van der Waals surface area (Å²) in [4.78, 5) is 23.1. The summed E-state index contributed by atoms with van der Waals surface area (Å²) in [5.41, 5.74) is 0. The molecular weight excluding hydrogens is 584 g/mol. The van der Waals surface area contributed by atoms with Crippen molar-refractivity contribution in [3.63, 3.8) is 0 Å². The van der Waals surface area contributed by atoms with E-state index in [-0.39, 0.29) is 30.9 Å². The first-order valence-electron chi connectivity index (χ1n) is 16.9.